The van der Waals surface area contributed by atoms with Gasteiger partial charge in [0.25, 0.3) is 5.56 Å². The van der Waals surface area contributed by atoms with E-state index >= 15 is 0 Å². The number of aliphatic carboxylic acids is 1. The Labute approximate surface area is 162 Å². The number of nitrogens with one attached hydrogen (secondary N) is 1. The third-order valence-corrected chi connectivity index (χ3v) is 4.71. The monoisotopic (exact) mass is 419 g/mol. The molecule has 7 nitrogen and oxygen atoms in total. The van der Waals surface area contributed by atoms with E-state index in [1.54, 1.807) is 23.1 Å². The first-order valence-corrected chi connectivity index (χ1v) is 8.76. The number of primary amides is 1. The molecule has 0 aromatic carbocycles. The fourth-order valence-electron chi connectivity index (χ4n) is 2.16. The van der Waals surface area contributed by atoms with Crippen molar-refractivity contribution in [2.24, 2.45) is 12.8 Å². The van der Waals surface area contributed by atoms with Crippen molar-refractivity contribution in [3.05, 3.63) is 55.1 Å². The lowest BCUT2D eigenvalue weighted by Crippen LogP contribution is -2.27. The van der Waals surface area contributed by atoms with E-state index in [0.717, 1.165) is 21.7 Å². The van der Waals surface area contributed by atoms with Crippen LogP contribution in [0.5, 0.6) is 0 Å². The molecule has 0 unspecified atom stereocenters. The molecule has 0 spiro atoms. The van der Waals surface area contributed by atoms with Crippen molar-refractivity contribution in [2.45, 2.75) is 33.1 Å². The van der Waals surface area contributed by atoms with Crippen LogP contribution in [-0.2, 0) is 24.9 Å². The highest BCUT2D eigenvalue weighted by Gasteiger charge is 2.38. The SMILES string of the molecule is Cc1cc(C)n(C)c(=O)c1CNCc1cc(C(N)=O)cs1.O=C(O)C(F)(F)F. The van der Waals surface area contributed by atoms with Crippen LogP contribution in [0.25, 0.3) is 0 Å². The number of amides is 1. The molecule has 0 saturated carbocycles. The summed E-state index contributed by atoms with van der Waals surface area (Å²) in [6.45, 7) is 4.97. The molecule has 28 heavy (non-hydrogen) atoms. The summed E-state index contributed by atoms with van der Waals surface area (Å²) in [6.07, 6.45) is -5.08. The van der Waals surface area contributed by atoms with Gasteiger partial charge < -0.3 is 20.7 Å². The van der Waals surface area contributed by atoms with Crippen LogP contribution in [0.1, 0.15) is 32.1 Å². The third kappa shape index (κ3) is 6.50. The lowest BCUT2D eigenvalue weighted by Gasteiger charge is -2.11. The Kier molecular flexibility index (Phi) is 7.94. The molecule has 4 N–H and O–H groups in total. The standard InChI is InChI=1S/C15H19N3O2S.C2HF3O2/c1-9-4-10(2)18(3)15(20)13(9)7-17-6-12-5-11(8-21-12)14(16)19;3-2(4,5)1(6)7/h4-5,8,17H,6-7H2,1-3H3,(H2,16,19);(H,6,7). The Hall–Kier alpha value is -2.66. The van der Waals surface area contributed by atoms with E-state index < -0.39 is 18.1 Å². The van der Waals surface area contributed by atoms with Gasteiger partial charge in [0, 0.05) is 41.7 Å². The molecule has 0 radical (unpaired) electrons. The Morgan fingerprint density at radius 2 is 1.82 bits per heavy atom. The minimum atomic E-state index is -5.08. The summed E-state index contributed by atoms with van der Waals surface area (Å²) < 4.78 is 33.4. The molecule has 0 saturated heterocycles. The molecule has 1 amide bonds. The number of carbonyl (C=O) groups is 2. The smallest absolute Gasteiger partial charge is 0.475 e. The van der Waals surface area contributed by atoms with Crippen molar-refractivity contribution >= 4 is 23.2 Å². The number of halogens is 3. The van der Waals surface area contributed by atoms with Gasteiger partial charge in [0.05, 0.1) is 5.56 Å². The molecular formula is C17H20F3N3O4S. The van der Waals surface area contributed by atoms with E-state index in [0.29, 0.717) is 18.7 Å². The lowest BCUT2D eigenvalue weighted by atomic mass is 10.1. The predicted molar refractivity (Wildman–Crippen MR) is 98.2 cm³/mol. The van der Waals surface area contributed by atoms with Crippen LogP contribution >= 0.6 is 11.3 Å². The van der Waals surface area contributed by atoms with Gasteiger partial charge >= 0.3 is 12.1 Å². The number of carboxylic acids is 1. The zero-order valence-corrected chi connectivity index (χ0v) is 16.2. The Bertz CT molecular complexity index is 919. The van der Waals surface area contributed by atoms with E-state index in [1.165, 1.54) is 11.3 Å². The fourth-order valence-corrected chi connectivity index (χ4v) is 3.00. The number of nitrogens with zero attached hydrogens (tertiary/aromatic N) is 1. The van der Waals surface area contributed by atoms with Crippen molar-refractivity contribution in [3.63, 3.8) is 0 Å². The molecule has 0 aliphatic rings. The number of nitrogens with two attached hydrogens (primary N) is 1. The number of aryl methyl sites for hydroxylation is 2. The molecule has 0 bridgehead atoms. The van der Waals surface area contributed by atoms with Crippen LogP contribution in [0, 0.1) is 13.8 Å². The Morgan fingerprint density at radius 1 is 1.25 bits per heavy atom. The first-order valence-electron chi connectivity index (χ1n) is 7.88. The number of aromatic nitrogens is 1. The molecule has 0 aliphatic heterocycles. The van der Waals surface area contributed by atoms with Gasteiger partial charge in [-0.2, -0.15) is 13.2 Å². The van der Waals surface area contributed by atoms with Crippen LogP contribution in [0.3, 0.4) is 0 Å². The largest absolute Gasteiger partial charge is 0.490 e. The average Bonchev–Trinajstić information content (AvgIpc) is 3.05. The van der Waals surface area contributed by atoms with Crippen LogP contribution in [0.15, 0.2) is 22.3 Å². The molecule has 0 atom stereocenters. The van der Waals surface area contributed by atoms with E-state index in [-0.39, 0.29) is 5.56 Å². The molecule has 154 valence electrons. The van der Waals surface area contributed by atoms with E-state index in [1.807, 2.05) is 19.9 Å². The first kappa shape index (κ1) is 23.4. The number of pyridine rings is 1. The highest BCUT2D eigenvalue weighted by Crippen LogP contribution is 2.14. The van der Waals surface area contributed by atoms with Gasteiger partial charge in [0.1, 0.15) is 0 Å². The molecule has 2 rings (SSSR count). The maximum absolute atomic E-state index is 12.2. The number of hydrogen-bond acceptors (Lipinski definition) is 5. The second kappa shape index (κ2) is 9.51. The molecule has 2 aromatic heterocycles. The molecule has 2 heterocycles. The van der Waals surface area contributed by atoms with Crippen molar-refractivity contribution in [2.75, 3.05) is 0 Å². The van der Waals surface area contributed by atoms with Crippen molar-refractivity contribution in [3.8, 4) is 0 Å². The summed E-state index contributed by atoms with van der Waals surface area (Å²) >= 11 is 1.48. The molecule has 0 fully saturated rings. The summed E-state index contributed by atoms with van der Waals surface area (Å²) in [5.74, 6) is -3.17. The zero-order valence-electron chi connectivity index (χ0n) is 15.4. The fraction of sp³-hybridized carbons (Fsp3) is 0.353. The lowest BCUT2D eigenvalue weighted by molar-refractivity contribution is -0.192. The van der Waals surface area contributed by atoms with Crippen molar-refractivity contribution in [1.82, 2.24) is 9.88 Å². The summed E-state index contributed by atoms with van der Waals surface area (Å²) in [4.78, 5) is 33.2. The zero-order chi connectivity index (χ0) is 21.6. The molecule has 11 heteroatoms. The predicted octanol–water partition coefficient (Wildman–Crippen LogP) is 2.09. The van der Waals surface area contributed by atoms with Gasteiger partial charge in [-0.3, -0.25) is 9.59 Å². The van der Waals surface area contributed by atoms with Crippen LogP contribution in [0.2, 0.25) is 0 Å². The first-order chi connectivity index (χ1) is 12.8. The van der Waals surface area contributed by atoms with Crippen molar-refractivity contribution < 1.29 is 27.9 Å². The second-order valence-corrected chi connectivity index (χ2v) is 6.88. The van der Waals surface area contributed by atoms with Gasteiger partial charge in [-0.05, 0) is 31.5 Å². The van der Waals surface area contributed by atoms with E-state index in [9.17, 15) is 22.8 Å². The van der Waals surface area contributed by atoms with Crippen LogP contribution < -0.4 is 16.6 Å². The third-order valence-electron chi connectivity index (χ3n) is 3.78. The number of carboxylic acid groups (broad SMARTS) is 1. The van der Waals surface area contributed by atoms with Gasteiger partial charge in [0.2, 0.25) is 5.91 Å². The van der Waals surface area contributed by atoms with Crippen LogP contribution in [-0.4, -0.2) is 27.7 Å². The second-order valence-electron chi connectivity index (χ2n) is 5.88. The highest BCUT2D eigenvalue weighted by atomic mass is 32.1. The number of hydrogen-bond donors (Lipinski definition) is 3. The highest BCUT2D eigenvalue weighted by molar-refractivity contribution is 7.10. The van der Waals surface area contributed by atoms with E-state index in [4.69, 9.17) is 15.6 Å². The minimum Gasteiger partial charge on any atom is -0.475 e. The maximum atomic E-state index is 12.2. The molecular weight excluding hydrogens is 399 g/mol. The molecule has 2 aromatic rings. The number of carbonyl (C=O) groups excluding carboxylic acids is 1. The number of thiophene rings is 1. The maximum Gasteiger partial charge on any atom is 0.490 e. The Morgan fingerprint density at radius 3 is 2.29 bits per heavy atom. The Balaban J connectivity index is 0.000000480. The topological polar surface area (TPSA) is 114 Å². The van der Waals surface area contributed by atoms with E-state index in [2.05, 4.69) is 5.32 Å². The summed E-state index contributed by atoms with van der Waals surface area (Å²) in [5, 5.41) is 12.1. The normalized spacial score (nSPS) is 10.9. The quantitative estimate of drug-likeness (QED) is 0.687. The number of rotatable bonds is 5. The van der Waals surface area contributed by atoms with Crippen molar-refractivity contribution in [1.29, 1.82) is 0 Å². The number of alkyl halides is 3. The van der Waals surface area contributed by atoms with Gasteiger partial charge in [-0.25, -0.2) is 4.79 Å². The van der Waals surface area contributed by atoms with Crippen LogP contribution in [0.4, 0.5) is 13.2 Å². The minimum absolute atomic E-state index is 0.0315. The summed E-state index contributed by atoms with van der Waals surface area (Å²) in [6, 6.07) is 3.79. The van der Waals surface area contributed by atoms with Gasteiger partial charge in [0.15, 0.2) is 0 Å². The molecule has 0 aliphatic carbocycles. The summed E-state index contributed by atoms with van der Waals surface area (Å²) in [5.41, 5.74) is 8.49. The van der Waals surface area contributed by atoms with Gasteiger partial charge in [-0.15, -0.1) is 11.3 Å². The summed E-state index contributed by atoms with van der Waals surface area (Å²) in [7, 11) is 1.78. The van der Waals surface area contributed by atoms with Gasteiger partial charge in [-0.1, -0.05) is 0 Å². The average molecular weight is 419 g/mol.